The standard InChI is InChI=1S/C37H32F7N3O5/c1-19-4-3-5-29-32(19)23-10-20(2)33(39)25(12-23)28(14-31(49)50)45-35(51)34(24-11-21(16-52-29)6-7-27(24)38)47-15-22(8-9-46-17-36(40,41)18-46)26(13-30(47)48)37(42,43)44/h3-7,10-13,15,28,34H,8-9,14,16-18H2,1-2H3,(H,45,51)(H,49,50)/t28-,34?/m0/s1. The van der Waals surface area contributed by atoms with Crippen molar-refractivity contribution >= 4 is 11.9 Å². The minimum absolute atomic E-state index is 0.0924. The van der Waals surface area contributed by atoms with Crippen LogP contribution in [0.25, 0.3) is 11.1 Å². The highest BCUT2D eigenvalue weighted by atomic mass is 19.4. The van der Waals surface area contributed by atoms with Crippen molar-refractivity contribution in [3.8, 4) is 16.9 Å². The summed E-state index contributed by atoms with van der Waals surface area (Å²) in [7, 11) is 0. The Hall–Kier alpha value is -5.18. The number of nitrogens with one attached hydrogen (secondary N) is 1. The largest absolute Gasteiger partial charge is 0.488 e. The second-order valence-corrected chi connectivity index (χ2v) is 13.1. The van der Waals surface area contributed by atoms with E-state index in [4.69, 9.17) is 4.74 Å². The Morgan fingerprint density at radius 1 is 1.00 bits per heavy atom. The normalized spacial score (nSPS) is 18.8. The first kappa shape index (κ1) is 36.6. The Morgan fingerprint density at radius 2 is 1.73 bits per heavy atom. The van der Waals surface area contributed by atoms with E-state index in [1.54, 1.807) is 25.1 Å². The Bertz CT molecular complexity index is 2120. The molecule has 4 aromatic rings. The van der Waals surface area contributed by atoms with Crippen molar-refractivity contribution in [3.63, 3.8) is 0 Å². The van der Waals surface area contributed by atoms with Gasteiger partial charge in [-0.2, -0.15) is 13.2 Å². The number of aliphatic carboxylic acids is 1. The van der Waals surface area contributed by atoms with Crippen LogP contribution in [-0.4, -0.2) is 52.0 Å². The molecule has 3 aromatic carbocycles. The summed E-state index contributed by atoms with van der Waals surface area (Å²) < 4.78 is 108. The maximum Gasteiger partial charge on any atom is 0.416 e. The van der Waals surface area contributed by atoms with Crippen LogP contribution in [0.4, 0.5) is 30.7 Å². The molecule has 2 atom stereocenters. The van der Waals surface area contributed by atoms with E-state index in [0.717, 1.165) is 17.8 Å². The molecule has 3 heterocycles. The first-order valence-electron chi connectivity index (χ1n) is 16.2. The van der Waals surface area contributed by atoms with Gasteiger partial charge in [0.05, 0.1) is 31.1 Å². The number of alkyl halides is 5. The van der Waals surface area contributed by atoms with Gasteiger partial charge in [-0.1, -0.05) is 18.2 Å². The van der Waals surface area contributed by atoms with Crippen LogP contribution >= 0.6 is 0 Å². The second kappa shape index (κ2) is 13.7. The Morgan fingerprint density at radius 3 is 2.40 bits per heavy atom. The number of hydrogen-bond acceptors (Lipinski definition) is 5. The number of carbonyl (C=O) groups excluding carboxylic acids is 1. The van der Waals surface area contributed by atoms with E-state index < -0.39 is 95.9 Å². The summed E-state index contributed by atoms with van der Waals surface area (Å²) in [6.07, 6.45) is -5.66. The number of carboxylic acid groups (broad SMARTS) is 1. The highest BCUT2D eigenvalue weighted by Crippen LogP contribution is 2.39. The number of aryl methyl sites for hydroxylation is 2. The summed E-state index contributed by atoms with van der Waals surface area (Å²) in [6, 6.07) is 8.18. The number of carbonyl (C=O) groups is 2. The van der Waals surface area contributed by atoms with Gasteiger partial charge in [-0.25, -0.2) is 17.6 Å². The van der Waals surface area contributed by atoms with Gasteiger partial charge in [0.2, 0.25) is 5.91 Å². The molecule has 8 nitrogen and oxygen atoms in total. The van der Waals surface area contributed by atoms with Crippen LogP contribution in [0.1, 0.15) is 57.4 Å². The average Bonchev–Trinajstić information content (AvgIpc) is 3.04. The van der Waals surface area contributed by atoms with Crippen LogP contribution in [0.5, 0.6) is 5.75 Å². The predicted octanol–water partition coefficient (Wildman–Crippen LogP) is 6.74. The summed E-state index contributed by atoms with van der Waals surface area (Å²) in [6.45, 7) is 1.44. The van der Waals surface area contributed by atoms with Gasteiger partial charge in [0.1, 0.15) is 30.0 Å². The smallest absolute Gasteiger partial charge is 0.416 e. The number of rotatable bonds is 6. The molecule has 0 spiro atoms. The molecule has 2 aliphatic heterocycles. The van der Waals surface area contributed by atoms with Crippen LogP contribution < -0.4 is 15.6 Å². The first-order chi connectivity index (χ1) is 24.4. The van der Waals surface area contributed by atoms with Crippen LogP contribution in [0.2, 0.25) is 0 Å². The molecule has 2 aliphatic rings. The zero-order valence-electron chi connectivity index (χ0n) is 27.8. The van der Waals surface area contributed by atoms with Crippen LogP contribution in [0.15, 0.2) is 65.6 Å². The van der Waals surface area contributed by atoms with Crippen molar-refractivity contribution in [1.82, 2.24) is 14.8 Å². The third-order valence-corrected chi connectivity index (χ3v) is 9.23. The van der Waals surface area contributed by atoms with Gasteiger partial charge < -0.3 is 15.2 Å². The van der Waals surface area contributed by atoms with Crippen molar-refractivity contribution in [2.24, 2.45) is 0 Å². The van der Waals surface area contributed by atoms with E-state index in [2.05, 4.69) is 5.32 Å². The molecule has 0 saturated carbocycles. The van der Waals surface area contributed by atoms with Crippen molar-refractivity contribution in [2.75, 3.05) is 19.6 Å². The van der Waals surface area contributed by atoms with Crippen molar-refractivity contribution in [2.45, 2.75) is 57.5 Å². The fraction of sp³-hybridized carbons (Fsp3) is 0.324. The van der Waals surface area contributed by atoms with E-state index in [1.165, 1.54) is 36.1 Å². The van der Waals surface area contributed by atoms with Crippen LogP contribution in [0.3, 0.4) is 0 Å². The zero-order chi connectivity index (χ0) is 37.7. The highest BCUT2D eigenvalue weighted by Gasteiger charge is 2.44. The lowest BCUT2D eigenvalue weighted by Gasteiger charge is -2.38. The number of benzene rings is 3. The van der Waals surface area contributed by atoms with Crippen molar-refractivity contribution < 1.29 is 50.2 Å². The number of halogens is 7. The van der Waals surface area contributed by atoms with Crippen molar-refractivity contribution in [3.05, 3.63) is 122 Å². The number of amides is 1. The summed E-state index contributed by atoms with van der Waals surface area (Å²) in [5.41, 5.74) is -1.89. The number of fused-ring (bicyclic) bond motifs is 6. The molecule has 274 valence electrons. The molecule has 1 amide bonds. The van der Waals surface area contributed by atoms with E-state index >= 15 is 8.78 Å². The van der Waals surface area contributed by atoms with Crippen LogP contribution in [0, 0.1) is 25.5 Å². The maximum atomic E-state index is 15.9. The molecule has 1 unspecified atom stereocenters. The number of likely N-dealkylation sites (tertiary alicyclic amines) is 1. The molecule has 1 fully saturated rings. The average molecular weight is 732 g/mol. The van der Waals surface area contributed by atoms with Gasteiger partial charge in [-0.15, -0.1) is 0 Å². The number of nitrogens with zero attached hydrogens (tertiary/aromatic N) is 2. The molecule has 1 saturated heterocycles. The summed E-state index contributed by atoms with van der Waals surface area (Å²) in [5.74, 6) is -7.22. The topological polar surface area (TPSA) is 101 Å². The Kier molecular flexibility index (Phi) is 9.68. The van der Waals surface area contributed by atoms with Gasteiger partial charge >= 0.3 is 12.1 Å². The van der Waals surface area contributed by atoms with E-state index in [-0.39, 0.29) is 30.3 Å². The number of carboxylic acids is 1. The molecule has 0 radical (unpaired) electrons. The fourth-order valence-corrected chi connectivity index (χ4v) is 6.76. The minimum Gasteiger partial charge on any atom is -0.488 e. The molecule has 0 aliphatic carbocycles. The molecular formula is C37H32F7N3O5. The summed E-state index contributed by atoms with van der Waals surface area (Å²) >= 11 is 0. The summed E-state index contributed by atoms with van der Waals surface area (Å²) in [4.78, 5) is 41.1. The fourth-order valence-electron chi connectivity index (χ4n) is 6.76. The van der Waals surface area contributed by atoms with E-state index in [1.807, 2.05) is 0 Å². The lowest BCUT2D eigenvalue weighted by molar-refractivity contribution is -0.139. The van der Waals surface area contributed by atoms with Gasteiger partial charge in [-0.3, -0.25) is 23.9 Å². The third-order valence-electron chi connectivity index (χ3n) is 9.23. The number of hydrogen-bond donors (Lipinski definition) is 2. The Balaban J connectivity index is 1.55. The second-order valence-electron chi connectivity index (χ2n) is 13.1. The van der Waals surface area contributed by atoms with E-state index in [9.17, 15) is 41.4 Å². The van der Waals surface area contributed by atoms with Crippen molar-refractivity contribution in [1.29, 1.82) is 0 Å². The summed E-state index contributed by atoms with van der Waals surface area (Å²) in [5, 5.41) is 12.3. The lowest BCUT2D eigenvalue weighted by Crippen LogP contribution is -2.56. The Labute approximate surface area is 292 Å². The SMILES string of the molecule is Cc1cc2cc(c1F)[C@H](CC(=O)O)NC(=O)C(n1cc(CCN3CC(F)(F)C3)c(C(F)(F)F)cc1=O)c1cc(ccc1F)COc1cccc(C)c1-2. The van der Waals surface area contributed by atoms with Gasteiger partial charge in [0, 0.05) is 35.5 Å². The third kappa shape index (κ3) is 7.40. The molecule has 2 N–H and O–H groups in total. The number of aromatic nitrogens is 1. The predicted molar refractivity (Wildman–Crippen MR) is 174 cm³/mol. The molecule has 6 rings (SSSR count). The monoisotopic (exact) mass is 731 g/mol. The number of ether oxygens (including phenoxy) is 1. The lowest BCUT2D eigenvalue weighted by atomic mass is 9.91. The first-order valence-corrected chi connectivity index (χ1v) is 16.2. The highest BCUT2D eigenvalue weighted by molar-refractivity contribution is 5.85. The van der Waals surface area contributed by atoms with Gasteiger partial charge in [0.25, 0.3) is 11.5 Å². The molecule has 52 heavy (non-hydrogen) atoms. The van der Waals surface area contributed by atoms with E-state index in [0.29, 0.717) is 27.0 Å². The van der Waals surface area contributed by atoms with Gasteiger partial charge in [0.15, 0.2) is 0 Å². The molecule has 15 heteroatoms. The maximum absolute atomic E-state index is 15.9. The molecule has 1 aromatic heterocycles. The van der Waals surface area contributed by atoms with Gasteiger partial charge in [-0.05, 0) is 78.4 Å². The van der Waals surface area contributed by atoms with Crippen LogP contribution in [-0.2, 0) is 28.8 Å². The molecule has 4 bridgehead atoms. The minimum atomic E-state index is -5.05. The number of pyridine rings is 1. The zero-order valence-corrected chi connectivity index (χ0v) is 27.8. The molecular weight excluding hydrogens is 699 g/mol. The quantitative estimate of drug-likeness (QED) is 0.213.